The van der Waals surface area contributed by atoms with E-state index in [1.165, 1.54) is 11.8 Å². The Balaban J connectivity index is 1.77. The van der Waals surface area contributed by atoms with Gasteiger partial charge in [-0.15, -0.1) is 15.3 Å². The number of hydrogen-bond donors (Lipinski definition) is 0. The molecule has 0 aliphatic heterocycles. The van der Waals surface area contributed by atoms with Gasteiger partial charge >= 0.3 is 0 Å². The van der Waals surface area contributed by atoms with Crippen molar-refractivity contribution in [1.29, 1.82) is 0 Å². The predicted octanol–water partition coefficient (Wildman–Crippen LogP) is 3.34. The Morgan fingerprint density at radius 3 is 2.48 bits per heavy atom. The van der Waals surface area contributed by atoms with Gasteiger partial charge in [0.05, 0.1) is 17.9 Å². The summed E-state index contributed by atoms with van der Waals surface area (Å²) in [6, 6.07) is 7.48. The second-order valence-corrected chi connectivity index (χ2v) is 7.79. The van der Waals surface area contributed by atoms with E-state index >= 15 is 0 Å². The highest BCUT2D eigenvalue weighted by atomic mass is 32.2. The highest BCUT2D eigenvalue weighted by molar-refractivity contribution is 7.99. The number of methoxy groups -OCH3 is 1. The third kappa shape index (κ3) is 3.81. The second-order valence-electron chi connectivity index (χ2n) is 6.48. The Hall–Kier alpha value is -2.42. The Bertz CT molecular complexity index is 837. The molecule has 1 unspecified atom stereocenters. The van der Waals surface area contributed by atoms with Crippen LogP contribution in [-0.4, -0.2) is 37.5 Å². The first-order chi connectivity index (χ1) is 11.9. The van der Waals surface area contributed by atoms with Crippen molar-refractivity contribution in [2.24, 2.45) is 0 Å². The van der Waals surface area contributed by atoms with Crippen LogP contribution < -0.4 is 4.74 Å². The number of aromatic nitrogens is 6. The van der Waals surface area contributed by atoms with Crippen LogP contribution in [0.15, 0.2) is 33.8 Å². The molecule has 2 heterocycles. The maximum atomic E-state index is 5.82. The van der Waals surface area contributed by atoms with E-state index in [0.29, 0.717) is 16.9 Å². The van der Waals surface area contributed by atoms with E-state index in [-0.39, 0.29) is 10.8 Å². The van der Waals surface area contributed by atoms with E-state index < -0.39 is 0 Å². The first-order valence-corrected chi connectivity index (χ1v) is 8.70. The van der Waals surface area contributed by atoms with Crippen molar-refractivity contribution in [2.75, 3.05) is 7.11 Å². The minimum absolute atomic E-state index is 0.0772. The van der Waals surface area contributed by atoms with Crippen LogP contribution in [0.4, 0.5) is 0 Å². The minimum Gasteiger partial charge on any atom is -0.497 e. The number of tetrazole rings is 1. The summed E-state index contributed by atoms with van der Waals surface area (Å²) < 4.78 is 12.8. The van der Waals surface area contributed by atoms with Gasteiger partial charge in [-0.2, -0.15) is 0 Å². The quantitative estimate of drug-likeness (QED) is 0.640. The average Bonchev–Trinajstić information content (AvgIpc) is 3.23. The number of nitrogens with zero attached hydrogens (tertiary/aromatic N) is 6. The Morgan fingerprint density at radius 2 is 1.84 bits per heavy atom. The van der Waals surface area contributed by atoms with Crippen molar-refractivity contribution in [1.82, 2.24) is 30.4 Å². The normalized spacial score (nSPS) is 13.0. The van der Waals surface area contributed by atoms with E-state index in [1.54, 1.807) is 11.8 Å². The maximum absolute atomic E-state index is 5.82. The lowest BCUT2D eigenvalue weighted by Crippen LogP contribution is -2.24. The maximum Gasteiger partial charge on any atom is 0.247 e. The molecule has 8 nitrogen and oxygen atoms in total. The molecule has 0 radical (unpaired) electrons. The second kappa shape index (κ2) is 6.83. The van der Waals surface area contributed by atoms with Crippen LogP contribution in [0.1, 0.15) is 38.8 Å². The average molecular weight is 360 g/mol. The zero-order valence-corrected chi connectivity index (χ0v) is 15.6. The molecule has 0 aliphatic rings. The summed E-state index contributed by atoms with van der Waals surface area (Å²) in [5.74, 6) is 1.78. The van der Waals surface area contributed by atoms with Gasteiger partial charge in [0.2, 0.25) is 16.9 Å². The highest BCUT2D eigenvalue weighted by Gasteiger charge is 2.24. The molecule has 0 aliphatic carbocycles. The smallest absolute Gasteiger partial charge is 0.247 e. The molecule has 0 saturated carbocycles. The van der Waals surface area contributed by atoms with Gasteiger partial charge in [0, 0.05) is 5.56 Å². The molecule has 3 rings (SSSR count). The van der Waals surface area contributed by atoms with Gasteiger partial charge in [-0.1, -0.05) is 11.8 Å². The molecule has 3 aromatic rings. The van der Waals surface area contributed by atoms with Crippen LogP contribution in [0.3, 0.4) is 0 Å². The number of benzene rings is 1. The van der Waals surface area contributed by atoms with E-state index in [9.17, 15) is 0 Å². The van der Waals surface area contributed by atoms with Gasteiger partial charge in [-0.05, 0) is 62.4 Å². The lowest BCUT2D eigenvalue weighted by molar-refractivity contribution is 0.320. The highest BCUT2D eigenvalue weighted by Crippen LogP contribution is 2.35. The third-order valence-corrected chi connectivity index (χ3v) is 4.50. The summed E-state index contributed by atoms with van der Waals surface area (Å²) in [6.07, 6.45) is 0. The van der Waals surface area contributed by atoms with Crippen LogP contribution in [0.25, 0.3) is 11.5 Å². The largest absolute Gasteiger partial charge is 0.497 e. The van der Waals surface area contributed by atoms with Crippen molar-refractivity contribution in [3.8, 4) is 17.2 Å². The Kier molecular flexibility index (Phi) is 4.76. The van der Waals surface area contributed by atoms with Crippen LogP contribution in [0, 0.1) is 0 Å². The standard InChI is InChI=1S/C16H20N6O2S/c1-10(25-15-19-20-21-22(15)16(2,3)4)13-17-18-14(24-13)11-6-8-12(23-5)9-7-11/h6-10H,1-5H3. The fourth-order valence-electron chi connectivity index (χ4n) is 2.13. The molecule has 0 saturated heterocycles. The van der Waals surface area contributed by atoms with Crippen molar-refractivity contribution in [3.05, 3.63) is 30.2 Å². The van der Waals surface area contributed by atoms with Crippen LogP contribution in [0.2, 0.25) is 0 Å². The van der Waals surface area contributed by atoms with Gasteiger partial charge in [0.1, 0.15) is 5.75 Å². The van der Waals surface area contributed by atoms with Crippen molar-refractivity contribution in [2.45, 2.75) is 43.6 Å². The monoisotopic (exact) mass is 360 g/mol. The zero-order valence-electron chi connectivity index (χ0n) is 14.8. The van der Waals surface area contributed by atoms with Crippen LogP contribution in [-0.2, 0) is 5.54 Å². The molecule has 0 fully saturated rings. The molecule has 132 valence electrons. The van der Waals surface area contributed by atoms with Gasteiger partial charge < -0.3 is 9.15 Å². The predicted molar refractivity (Wildman–Crippen MR) is 93.4 cm³/mol. The number of rotatable bonds is 5. The first kappa shape index (κ1) is 17.4. The fourth-order valence-corrected chi connectivity index (χ4v) is 3.14. The molecular formula is C16H20N6O2S. The molecule has 0 spiro atoms. The van der Waals surface area contributed by atoms with Gasteiger partial charge in [0.15, 0.2) is 0 Å². The Labute approximate surface area is 150 Å². The molecule has 25 heavy (non-hydrogen) atoms. The summed E-state index contributed by atoms with van der Waals surface area (Å²) in [4.78, 5) is 0. The molecule has 1 aromatic carbocycles. The summed E-state index contributed by atoms with van der Waals surface area (Å²) in [7, 11) is 1.63. The lowest BCUT2D eigenvalue weighted by atomic mass is 10.1. The summed E-state index contributed by atoms with van der Waals surface area (Å²) >= 11 is 1.48. The molecule has 0 amide bonds. The molecule has 9 heteroatoms. The van der Waals surface area contributed by atoms with Gasteiger partial charge in [0.25, 0.3) is 0 Å². The summed E-state index contributed by atoms with van der Waals surface area (Å²) in [5, 5.41) is 20.9. The topological polar surface area (TPSA) is 91.8 Å². The van der Waals surface area contributed by atoms with E-state index in [0.717, 1.165) is 11.3 Å². The molecule has 2 aromatic heterocycles. The first-order valence-electron chi connectivity index (χ1n) is 7.82. The van der Waals surface area contributed by atoms with Crippen molar-refractivity contribution >= 4 is 11.8 Å². The van der Waals surface area contributed by atoms with E-state index in [4.69, 9.17) is 9.15 Å². The molecule has 0 N–H and O–H groups in total. The van der Waals surface area contributed by atoms with E-state index in [1.807, 2.05) is 52.0 Å². The van der Waals surface area contributed by atoms with Crippen LogP contribution >= 0.6 is 11.8 Å². The fraction of sp³-hybridized carbons (Fsp3) is 0.438. The Morgan fingerprint density at radius 1 is 1.12 bits per heavy atom. The van der Waals surface area contributed by atoms with Gasteiger partial charge in [-0.3, -0.25) is 0 Å². The van der Waals surface area contributed by atoms with E-state index in [2.05, 4.69) is 25.7 Å². The SMILES string of the molecule is COc1ccc(-c2nnc(C(C)Sc3nnnn3C(C)(C)C)o2)cc1. The number of ether oxygens (including phenoxy) is 1. The summed E-state index contributed by atoms with van der Waals surface area (Å²) in [6.45, 7) is 8.13. The molecule has 0 bridgehead atoms. The summed E-state index contributed by atoms with van der Waals surface area (Å²) in [5.41, 5.74) is 0.644. The zero-order chi connectivity index (χ0) is 18.0. The lowest BCUT2D eigenvalue weighted by Gasteiger charge is -2.20. The number of thioether (sulfide) groups is 1. The minimum atomic E-state index is -0.200. The number of hydrogen-bond acceptors (Lipinski definition) is 8. The van der Waals surface area contributed by atoms with Gasteiger partial charge in [-0.25, -0.2) is 4.68 Å². The van der Waals surface area contributed by atoms with Crippen LogP contribution in [0.5, 0.6) is 5.75 Å². The molecular weight excluding hydrogens is 340 g/mol. The molecule has 1 atom stereocenters. The van der Waals surface area contributed by atoms with Crippen molar-refractivity contribution < 1.29 is 9.15 Å². The van der Waals surface area contributed by atoms with Crippen molar-refractivity contribution in [3.63, 3.8) is 0 Å². The third-order valence-electron chi connectivity index (χ3n) is 3.48.